The molecule has 0 aromatic heterocycles. The van der Waals surface area contributed by atoms with Crippen LogP contribution in [-0.2, 0) is 4.79 Å². The number of rotatable bonds is 5. The molecule has 15 heavy (non-hydrogen) atoms. The smallest absolute Gasteiger partial charge is 0.318 e. The van der Waals surface area contributed by atoms with Crippen molar-refractivity contribution in [1.29, 1.82) is 0 Å². The van der Waals surface area contributed by atoms with Crippen LogP contribution in [0.2, 0.25) is 0 Å². The first-order chi connectivity index (χ1) is 6.95. The van der Waals surface area contributed by atoms with Crippen molar-refractivity contribution in [2.24, 2.45) is 5.73 Å². The van der Waals surface area contributed by atoms with E-state index in [1.54, 1.807) is 7.05 Å². The number of Topliss-reactive ketones (excluding diaryl/α,β-unsaturated/α-hetero) is 1. The Kier molecular flexibility index (Phi) is 5.40. The molecule has 0 bridgehead atoms. The van der Waals surface area contributed by atoms with E-state index in [-0.39, 0.29) is 11.8 Å². The summed E-state index contributed by atoms with van der Waals surface area (Å²) in [4.78, 5) is 23.8. The van der Waals surface area contributed by atoms with E-state index in [2.05, 4.69) is 17.2 Å². The van der Waals surface area contributed by atoms with Gasteiger partial charge in [0.05, 0.1) is 0 Å². The van der Waals surface area contributed by atoms with E-state index >= 15 is 0 Å². The number of carbonyl (C=O) groups is 2. The Balaban J connectivity index is 4.71. The zero-order valence-corrected chi connectivity index (χ0v) is 9.28. The standard InChI is InChI=1S/C9H18N4O2/c1-5-12-8(7(10)6(2)14)13(4)9(15)11-3/h5,7-8,12H,1,10H2,2-4H3,(H,11,15). The summed E-state index contributed by atoms with van der Waals surface area (Å²) in [5, 5.41) is 5.21. The maximum atomic E-state index is 11.3. The number of hydrogen-bond acceptors (Lipinski definition) is 4. The molecule has 0 fully saturated rings. The first kappa shape index (κ1) is 13.4. The first-order valence-corrected chi connectivity index (χ1v) is 4.53. The molecular formula is C9H18N4O2. The summed E-state index contributed by atoms with van der Waals surface area (Å²) in [5.41, 5.74) is 5.66. The number of urea groups is 1. The fourth-order valence-electron chi connectivity index (χ4n) is 1.10. The minimum absolute atomic E-state index is 0.204. The van der Waals surface area contributed by atoms with Gasteiger partial charge in [-0.3, -0.25) is 4.79 Å². The third-order valence-corrected chi connectivity index (χ3v) is 2.05. The van der Waals surface area contributed by atoms with Gasteiger partial charge in [-0.2, -0.15) is 0 Å². The van der Waals surface area contributed by atoms with Gasteiger partial charge in [0, 0.05) is 14.1 Å². The van der Waals surface area contributed by atoms with Gasteiger partial charge in [-0.1, -0.05) is 6.58 Å². The maximum Gasteiger partial charge on any atom is 0.318 e. The van der Waals surface area contributed by atoms with Gasteiger partial charge in [0.15, 0.2) is 5.78 Å². The molecule has 0 saturated carbocycles. The van der Waals surface area contributed by atoms with Crippen molar-refractivity contribution in [3.8, 4) is 0 Å². The largest absolute Gasteiger partial charge is 0.370 e. The van der Waals surface area contributed by atoms with Crippen LogP contribution in [0.5, 0.6) is 0 Å². The molecule has 0 aliphatic rings. The molecule has 0 saturated heterocycles. The molecule has 0 radical (unpaired) electrons. The first-order valence-electron chi connectivity index (χ1n) is 4.53. The number of likely N-dealkylation sites (N-methyl/N-ethyl adjacent to an activating group) is 1. The van der Waals surface area contributed by atoms with Crippen LogP contribution in [0.15, 0.2) is 12.8 Å². The van der Waals surface area contributed by atoms with Crippen LogP contribution in [0.3, 0.4) is 0 Å². The van der Waals surface area contributed by atoms with Crippen molar-refractivity contribution in [3.05, 3.63) is 12.8 Å². The van der Waals surface area contributed by atoms with Gasteiger partial charge >= 0.3 is 6.03 Å². The Morgan fingerprint density at radius 2 is 2.07 bits per heavy atom. The molecule has 0 rings (SSSR count). The van der Waals surface area contributed by atoms with Crippen LogP contribution in [0.4, 0.5) is 4.79 Å². The summed E-state index contributed by atoms with van der Waals surface area (Å²) in [5.74, 6) is -0.204. The second-order valence-corrected chi connectivity index (χ2v) is 3.12. The summed E-state index contributed by atoms with van der Waals surface area (Å²) in [6.45, 7) is 4.85. The van der Waals surface area contributed by atoms with E-state index in [1.807, 2.05) is 0 Å². The summed E-state index contributed by atoms with van der Waals surface area (Å²) in [6, 6.07) is -1.11. The number of amides is 2. The maximum absolute atomic E-state index is 11.3. The Hall–Kier alpha value is -1.56. The number of nitrogens with one attached hydrogen (secondary N) is 2. The van der Waals surface area contributed by atoms with Crippen LogP contribution in [-0.4, -0.2) is 43.0 Å². The highest BCUT2D eigenvalue weighted by molar-refractivity contribution is 5.83. The summed E-state index contributed by atoms with van der Waals surface area (Å²) >= 11 is 0. The molecule has 0 aliphatic heterocycles. The highest BCUT2D eigenvalue weighted by Crippen LogP contribution is 1.99. The predicted octanol–water partition coefficient (Wildman–Crippen LogP) is -0.767. The Bertz CT molecular complexity index is 254. The molecule has 86 valence electrons. The lowest BCUT2D eigenvalue weighted by Gasteiger charge is -2.31. The quantitative estimate of drug-likeness (QED) is 0.525. The average Bonchev–Trinajstić information content (AvgIpc) is 2.22. The van der Waals surface area contributed by atoms with Crippen molar-refractivity contribution in [1.82, 2.24) is 15.5 Å². The fourth-order valence-corrected chi connectivity index (χ4v) is 1.10. The van der Waals surface area contributed by atoms with Crippen LogP contribution in [0.1, 0.15) is 6.92 Å². The van der Waals surface area contributed by atoms with E-state index in [4.69, 9.17) is 5.73 Å². The van der Waals surface area contributed by atoms with Crippen LogP contribution in [0.25, 0.3) is 0 Å². The Morgan fingerprint density at radius 1 is 1.53 bits per heavy atom. The lowest BCUT2D eigenvalue weighted by Crippen LogP contribution is -2.59. The summed E-state index contributed by atoms with van der Waals surface area (Å²) in [7, 11) is 3.05. The molecule has 0 aliphatic carbocycles. The predicted molar refractivity (Wildman–Crippen MR) is 58.0 cm³/mol. The molecule has 0 aromatic carbocycles. The second-order valence-electron chi connectivity index (χ2n) is 3.12. The third kappa shape index (κ3) is 3.59. The lowest BCUT2D eigenvalue weighted by atomic mass is 10.1. The van der Waals surface area contributed by atoms with E-state index in [0.29, 0.717) is 0 Å². The van der Waals surface area contributed by atoms with Gasteiger partial charge in [-0.25, -0.2) is 4.79 Å². The normalized spacial score (nSPS) is 13.6. The van der Waals surface area contributed by atoms with Crippen molar-refractivity contribution >= 4 is 11.8 Å². The van der Waals surface area contributed by atoms with Crippen molar-refractivity contribution in [2.75, 3.05) is 14.1 Å². The molecule has 0 aromatic rings. The van der Waals surface area contributed by atoms with Gasteiger partial charge < -0.3 is 21.3 Å². The molecule has 6 heteroatoms. The molecule has 2 amide bonds. The monoisotopic (exact) mass is 214 g/mol. The van der Waals surface area contributed by atoms with E-state index in [0.717, 1.165) is 0 Å². The number of nitrogens with two attached hydrogens (primary N) is 1. The molecule has 0 heterocycles. The average molecular weight is 214 g/mol. The van der Waals surface area contributed by atoms with Gasteiger partial charge in [0.2, 0.25) is 0 Å². The lowest BCUT2D eigenvalue weighted by molar-refractivity contribution is -0.119. The SMILES string of the molecule is C=CNC(C(N)C(C)=O)N(C)C(=O)NC. The number of ketones is 1. The molecule has 2 unspecified atom stereocenters. The summed E-state index contributed by atoms with van der Waals surface area (Å²) < 4.78 is 0. The zero-order chi connectivity index (χ0) is 12.0. The molecule has 6 nitrogen and oxygen atoms in total. The minimum Gasteiger partial charge on any atom is -0.370 e. The molecular weight excluding hydrogens is 196 g/mol. The van der Waals surface area contributed by atoms with Gasteiger partial charge in [-0.15, -0.1) is 0 Å². The summed E-state index contributed by atoms with van der Waals surface area (Å²) in [6.07, 6.45) is 0.798. The van der Waals surface area contributed by atoms with Crippen LogP contribution < -0.4 is 16.4 Å². The van der Waals surface area contributed by atoms with Gasteiger partial charge in [0.25, 0.3) is 0 Å². The molecule has 4 N–H and O–H groups in total. The second kappa shape index (κ2) is 6.02. The highest BCUT2D eigenvalue weighted by atomic mass is 16.2. The van der Waals surface area contributed by atoms with Crippen molar-refractivity contribution in [3.63, 3.8) is 0 Å². The van der Waals surface area contributed by atoms with Crippen LogP contribution in [0, 0.1) is 0 Å². The van der Waals surface area contributed by atoms with Crippen molar-refractivity contribution < 1.29 is 9.59 Å². The number of hydrogen-bond donors (Lipinski definition) is 3. The van der Waals surface area contributed by atoms with Gasteiger partial charge in [0.1, 0.15) is 12.2 Å². The van der Waals surface area contributed by atoms with E-state index in [9.17, 15) is 9.59 Å². The number of carbonyl (C=O) groups excluding carboxylic acids is 2. The van der Waals surface area contributed by atoms with E-state index in [1.165, 1.54) is 25.1 Å². The minimum atomic E-state index is -0.787. The topological polar surface area (TPSA) is 87.5 Å². The van der Waals surface area contributed by atoms with E-state index < -0.39 is 12.2 Å². The zero-order valence-electron chi connectivity index (χ0n) is 9.28. The highest BCUT2D eigenvalue weighted by Gasteiger charge is 2.27. The fraction of sp³-hybridized carbons (Fsp3) is 0.556. The van der Waals surface area contributed by atoms with Crippen LogP contribution >= 0.6 is 0 Å². The number of nitrogens with zero attached hydrogens (tertiary/aromatic N) is 1. The van der Waals surface area contributed by atoms with Gasteiger partial charge in [-0.05, 0) is 13.1 Å². The Labute approximate surface area is 89.5 Å². The van der Waals surface area contributed by atoms with Crippen molar-refractivity contribution in [2.45, 2.75) is 19.1 Å². The molecule has 0 spiro atoms. The third-order valence-electron chi connectivity index (χ3n) is 2.05. The molecule has 2 atom stereocenters. The Morgan fingerprint density at radius 3 is 2.40 bits per heavy atom.